The van der Waals surface area contributed by atoms with Gasteiger partial charge in [0.15, 0.2) is 0 Å². The molecule has 0 saturated heterocycles. The SMILES string of the molecule is Br.CCN1C=CN(CCO)C1. The molecule has 66 valence electrons. The smallest absolute Gasteiger partial charge is 0.0894 e. The van der Waals surface area contributed by atoms with Crippen LogP contribution in [0.1, 0.15) is 6.92 Å². The number of rotatable bonds is 3. The lowest BCUT2D eigenvalue weighted by atomic mass is 10.6. The Morgan fingerprint density at radius 1 is 1.36 bits per heavy atom. The molecule has 0 aromatic rings. The van der Waals surface area contributed by atoms with E-state index in [2.05, 4.69) is 22.9 Å². The van der Waals surface area contributed by atoms with Crippen molar-refractivity contribution < 1.29 is 5.11 Å². The van der Waals surface area contributed by atoms with E-state index in [9.17, 15) is 0 Å². The number of halogens is 1. The molecule has 0 unspecified atom stereocenters. The Morgan fingerprint density at radius 2 is 2.00 bits per heavy atom. The van der Waals surface area contributed by atoms with Crippen LogP contribution in [0.5, 0.6) is 0 Å². The third kappa shape index (κ3) is 3.12. The van der Waals surface area contributed by atoms with Crippen LogP contribution < -0.4 is 0 Å². The van der Waals surface area contributed by atoms with E-state index in [0.29, 0.717) is 0 Å². The second-order valence-electron chi connectivity index (χ2n) is 2.38. The van der Waals surface area contributed by atoms with E-state index in [1.165, 1.54) is 0 Å². The zero-order chi connectivity index (χ0) is 7.40. The monoisotopic (exact) mass is 222 g/mol. The number of hydrogen-bond acceptors (Lipinski definition) is 3. The highest BCUT2D eigenvalue weighted by Gasteiger charge is 2.07. The number of nitrogens with zero attached hydrogens (tertiary/aromatic N) is 2. The summed E-state index contributed by atoms with van der Waals surface area (Å²) in [6.45, 7) is 5.07. The van der Waals surface area contributed by atoms with E-state index in [-0.39, 0.29) is 23.6 Å². The first-order valence-electron chi connectivity index (χ1n) is 3.64. The summed E-state index contributed by atoms with van der Waals surface area (Å²) in [5.74, 6) is 0. The fourth-order valence-corrected chi connectivity index (χ4v) is 0.995. The topological polar surface area (TPSA) is 26.7 Å². The molecule has 0 aliphatic carbocycles. The minimum absolute atomic E-state index is 0. The first-order chi connectivity index (χ1) is 4.86. The van der Waals surface area contributed by atoms with Gasteiger partial charge >= 0.3 is 0 Å². The van der Waals surface area contributed by atoms with Crippen LogP contribution in [-0.2, 0) is 0 Å². The number of β-amino-alcohol motifs (C(OH)–C–C–N with tert-alkyl or cyclic N) is 1. The zero-order valence-electron chi connectivity index (χ0n) is 6.73. The summed E-state index contributed by atoms with van der Waals surface area (Å²) in [6.07, 6.45) is 4.06. The zero-order valence-corrected chi connectivity index (χ0v) is 8.45. The minimum Gasteiger partial charge on any atom is -0.395 e. The van der Waals surface area contributed by atoms with Crippen LogP contribution in [0.3, 0.4) is 0 Å². The highest BCUT2D eigenvalue weighted by molar-refractivity contribution is 8.93. The van der Waals surface area contributed by atoms with Crippen LogP contribution in [0.15, 0.2) is 12.4 Å². The molecule has 0 bridgehead atoms. The van der Waals surface area contributed by atoms with Crippen molar-refractivity contribution >= 4 is 17.0 Å². The fourth-order valence-electron chi connectivity index (χ4n) is 0.995. The molecule has 0 amide bonds. The van der Waals surface area contributed by atoms with Gasteiger partial charge in [0.05, 0.1) is 13.3 Å². The highest BCUT2D eigenvalue weighted by atomic mass is 79.9. The predicted molar refractivity (Wildman–Crippen MR) is 50.5 cm³/mol. The normalized spacial score (nSPS) is 15.5. The van der Waals surface area contributed by atoms with Gasteiger partial charge in [0.2, 0.25) is 0 Å². The van der Waals surface area contributed by atoms with E-state index >= 15 is 0 Å². The van der Waals surface area contributed by atoms with Crippen LogP contribution in [-0.4, -0.2) is 41.3 Å². The molecule has 0 spiro atoms. The molecule has 11 heavy (non-hydrogen) atoms. The molecule has 1 aliphatic heterocycles. The average molecular weight is 223 g/mol. The second-order valence-corrected chi connectivity index (χ2v) is 2.38. The number of hydrogen-bond donors (Lipinski definition) is 1. The van der Waals surface area contributed by atoms with Crippen molar-refractivity contribution in [2.75, 3.05) is 26.4 Å². The van der Waals surface area contributed by atoms with Crippen LogP contribution in [0.4, 0.5) is 0 Å². The number of aliphatic hydroxyl groups excluding tert-OH is 1. The molecule has 0 atom stereocenters. The Kier molecular flexibility index (Phi) is 5.32. The summed E-state index contributed by atoms with van der Waals surface area (Å²) < 4.78 is 0. The van der Waals surface area contributed by atoms with Crippen molar-refractivity contribution in [2.45, 2.75) is 6.92 Å². The maximum atomic E-state index is 8.59. The van der Waals surface area contributed by atoms with Gasteiger partial charge in [-0.05, 0) is 6.92 Å². The Morgan fingerprint density at radius 3 is 2.45 bits per heavy atom. The first kappa shape index (κ1) is 10.8. The number of aliphatic hydroxyl groups is 1. The minimum atomic E-state index is 0. The first-order valence-corrected chi connectivity index (χ1v) is 3.64. The van der Waals surface area contributed by atoms with Crippen molar-refractivity contribution in [3.8, 4) is 0 Å². The molecular formula is C7H15BrN2O. The summed E-state index contributed by atoms with van der Waals surface area (Å²) in [7, 11) is 0. The van der Waals surface area contributed by atoms with Crippen LogP contribution in [0, 0.1) is 0 Å². The third-order valence-electron chi connectivity index (χ3n) is 1.64. The summed E-state index contributed by atoms with van der Waals surface area (Å²) in [5, 5.41) is 8.59. The predicted octanol–water partition coefficient (Wildman–Crippen LogP) is 0.623. The van der Waals surface area contributed by atoms with Gasteiger partial charge in [-0.15, -0.1) is 17.0 Å². The van der Waals surface area contributed by atoms with E-state index in [1.807, 2.05) is 6.20 Å². The van der Waals surface area contributed by atoms with E-state index in [4.69, 9.17) is 5.11 Å². The molecular weight excluding hydrogens is 208 g/mol. The molecule has 0 fully saturated rings. The van der Waals surface area contributed by atoms with E-state index in [0.717, 1.165) is 19.8 Å². The van der Waals surface area contributed by atoms with Crippen molar-refractivity contribution in [3.63, 3.8) is 0 Å². The van der Waals surface area contributed by atoms with Gasteiger partial charge in [0.25, 0.3) is 0 Å². The van der Waals surface area contributed by atoms with E-state index in [1.54, 1.807) is 0 Å². The summed E-state index contributed by atoms with van der Waals surface area (Å²) in [5.41, 5.74) is 0. The van der Waals surface area contributed by atoms with Gasteiger partial charge in [0.1, 0.15) is 0 Å². The molecule has 1 rings (SSSR count). The third-order valence-corrected chi connectivity index (χ3v) is 1.64. The summed E-state index contributed by atoms with van der Waals surface area (Å²) in [4.78, 5) is 4.28. The molecule has 0 saturated carbocycles. The lowest BCUT2D eigenvalue weighted by Gasteiger charge is -2.18. The lowest BCUT2D eigenvalue weighted by Crippen LogP contribution is -2.27. The van der Waals surface area contributed by atoms with Crippen LogP contribution in [0.25, 0.3) is 0 Å². The fraction of sp³-hybridized carbons (Fsp3) is 0.714. The quantitative estimate of drug-likeness (QED) is 0.759. The van der Waals surface area contributed by atoms with Crippen molar-refractivity contribution in [3.05, 3.63) is 12.4 Å². The molecule has 0 radical (unpaired) electrons. The van der Waals surface area contributed by atoms with Gasteiger partial charge < -0.3 is 14.9 Å². The van der Waals surface area contributed by atoms with Gasteiger partial charge in [0, 0.05) is 25.5 Å². The molecule has 4 heteroatoms. The Labute approximate surface area is 78.1 Å². The summed E-state index contributed by atoms with van der Waals surface area (Å²) in [6, 6.07) is 0. The molecule has 3 nitrogen and oxygen atoms in total. The van der Waals surface area contributed by atoms with Crippen molar-refractivity contribution in [1.82, 2.24) is 9.80 Å². The Balaban J connectivity index is 0.000001000. The molecule has 1 heterocycles. The molecule has 1 N–H and O–H groups in total. The lowest BCUT2D eigenvalue weighted by molar-refractivity contribution is 0.209. The standard InChI is InChI=1S/C7H14N2O.BrH/c1-2-8-3-4-9(7-8)5-6-10;/h3-4,10H,2,5-7H2,1H3;1H. The largest absolute Gasteiger partial charge is 0.395 e. The van der Waals surface area contributed by atoms with Crippen LogP contribution >= 0.6 is 17.0 Å². The molecule has 0 aromatic carbocycles. The Bertz CT molecular complexity index is 130. The summed E-state index contributed by atoms with van der Waals surface area (Å²) >= 11 is 0. The van der Waals surface area contributed by atoms with Gasteiger partial charge in [-0.1, -0.05) is 0 Å². The van der Waals surface area contributed by atoms with Crippen LogP contribution in [0.2, 0.25) is 0 Å². The van der Waals surface area contributed by atoms with E-state index < -0.39 is 0 Å². The van der Waals surface area contributed by atoms with Crippen molar-refractivity contribution in [1.29, 1.82) is 0 Å². The average Bonchev–Trinajstić information content (AvgIpc) is 2.37. The highest BCUT2D eigenvalue weighted by Crippen LogP contribution is 2.03. The maximum absolute atomic E-state index is 8.59. The molecule has 0 aromatic heterocycles. The second kappa shape index (κ2) is 5.43. The Hall–Kier alpha value is -0.220. The van der Waals surface area contributed by atoms with Gasteiger partial charge in [-0.3, -0.25) is 0 Å². The van der Waals surface area contributed by atoms with Crippen molar-refractivity contribution in [2.24, 2.45) is 0 Å². The van der Waals surface area contributed by atoms with Gasteiger partial charge in [-0.25, -0.2) is 0 Å². The maximum Gasteiger partial charge on any atom is 0.0894 e. The van der Waals surface area contributed by atoms with Gasteiger partial charge in [-0.2, -0.15) is 0 Å². The molecule has 1 aliphatic rings.